The number of halogens is 1. The largest absolute Gasteiger partial charge is 0.397 e. The van der Waals surface area contributed by atoms with Crippen molar-refractivity contribution in [1.82, 2.24) is 10.1 Å². The van der Waals surface area contributed by atoms with Crippen LogP contribution in [0.1, 0.15) is 0 Å². The van der Waals surface area contributed by atoms with Crippen LogP contribution in [0.5, 0.6) is 0 Å². The zero-order chi connectivity index (χ0) is 10.1. The van der Waals surface area contributed by atoms with Crippen LogP contribution in [0.15, 0.2) is 22.7 Å². The molecule has 0 aliphatic carbocycles. The van der Waals surface area contributed by atoms with E-state index in [9.17, 15) is 0 Å². The maximum Gasteiger partial charge on any atom is 0.261 e. The number of nitrogens with zero attached hydrogens (tertiary/aromatic N) is 2. The van der Waals surface area contributed by atoms with E-state index in [1.54, 1.807) is 18.2 Å². The van der Waals surface area contributed by atoms with E-state index in [0.29, 0.717) is 16.3 Å². The highest BCUT2D eigenvalue weighted by Gasteiger charge is 2.11. The van der Waals surface area contributed by atoms with Crippen molar-refractivity contribution >= 4 is 23.2 Å². The summed E-state index contributed by atoms with van der Waals surface area (Å²) in [6, 6.07) is 5.16. The van der Waals surface area contributed by atoms with Gasteiger partial charge in [-0.1, -0.05) is 17.7 Å². The smallest absolute Gasteiger partial charge is 0.261 e. The average Bonchev–Trinajstić information content (AvgIpc) is 2.57. The van der Waals surface area contributed by atoms with Gasteiger partial charge in [0.1, 0.15) is 0 Å². The summed E-state index contributed by atoms with van der Waals surface area (Å²) >= 11 is 5.82. The second-order valence-corrected chi connectivity index (χ2v) is 3.07. The molecule has 1 aromatic heterocycles. The van der Waals surface area contributed by atoms with Gasteiger partial charge < -0.3 is 16.0 Å². The van der Waals surface area contributed by atoms with Crippen molar-refractivity contribution in [3.63, 3.8) is 0 Å². The molecular weight excluding hydrogens is 204 g/mol. The lowest BCUT2D eigenvalue weighted by Crippen LogP contribution is -1.91. The van der Waals surface area contributed by atoms with Crippen molar-refractivity contribution < 1.29 is 4.52 Å². The van der Waals surface area contributed by atoms with Crippen molar-refractivity contribution in [2.24, 2.45) is 0 Å². The summed E-state index contributed by atoms with van der Waals surface area (Å²) in [5.41, 5.74) is 12.0. The Hall–Kier alpha value is -1.75. The average molecular weight is 211 g/mol. The zero-order valence-corrected chi connectivity index (χ0v) is 7.82. The minimum absolute atomic E-state index is 0.0689. The lowest BCUT2D eigenvalue weighted by molar-refractivity contribution is 0.433. The van der Waals surface area contributed by atoms with E-state index in [4.69, 9.17) is 27.6 Å². The van der Waals surface area contributed by atoms with Gasteiger partial charge in [0, 0.05) is 0 Å². The maximum atomic E-state index is 5.82. The van der Waals surface area contributed by atoms with E-state index in [-0.39, 0.29) is 11.8 Å². The Morgan fingerprint density at radius 2 is 2.07 bits per heavy atom. The molecule has 0 fully saturated rings. The van der Waals surface area contributed by atoms with Gasteiger partial charge in [-0.25, -0.2) is 0 Å². The fourth-order valence-electron chi connectivity index (χ4n) is 1.07. The SMILES string of the molecule is Nc1noc(-c2cccc(Cl)c2N)n1. The molecule has 0 spiro atoms. The molecule has 0 amide bonds. The summed E-state index contributed by atoms with van der Waals surface area (Å²) < 4.78 is 4.86. The fraction of sp³-hybridized carbons (Fsp3) is 0. The summed E-state index contributed by atoms with van der Waals surface area (Å²) in [6.45, 7) is 0. The Balaban J connectivity index is 2.57. The molecule has 4 N–H and O–H groups in total. The molecule has 1 heterocycles. The number of aromatic nitrogens is 2. The van der Waals surface area contributed by atoms with E-state index < -0.39 is 0 Å². The van der Waals surface area contributed by atoms with Crippen LogP contribution in [0.2, 0.25) is 5.02 Å². The molecule has 5 nitrogen and oxygen atoms in total. The van der Waals surface area contributed by atoms with Gasteiger partial charge in [0.05, 0.1) is 16.3 Å². The second kappa shape index (κ2) is 3.19. The summed E-state index contributed by atoms with van der Waals surface area (Å²) in [4.78, 5) is 3.84. The highest BCUT2D eigenvalue weighted by molar-refractivity contribution is 6.33. The zero-order valence-electron chi connectivity index (χ0n) is 7.07. The number of hydrogen-bond acceptors (Lipinski definition) is 5. The molecular formula is C8H7ClN4O. The fourth-order valence-corrected chi connectivity index (χ4v) is 1.24. The number of nitrogen functional groups attached to an aromatic ring is 2. The van der Waals surface area contributed by atoms with E-state index in [0.717, 1.165) is 0 Å². The molecule has 0 saturated heterocycles. The summed E-state index contributed by atoms with van der Waals surface area (Å²) in [6.07, 6.45) is 0. The number of nitrogens with two attached hydrogens (primary N) is 2. The van der Waals surface area contributed by atoms with Crippen molar-refractivity contribution in [1.29, 1.82) is 0 Å². The van der Waals surface area contributed by atoms with Gasteiger partial charge in [-0.15, -0.1) is 0 Å². The lowest BCUT2D eigenvalue weighted by Gasteiger charge is -2.01. The molecule has 14 heavy (non-hydrogen) atoms. The van der Waals surface area contributed by atoms with Gasteiger partial charge in [0.25, 0.3) is 11.8 Å². The van der Waals surface area contributed by atoms with Crippen molar-refractivity contribution in [3.8, 4) is 11.5 Å². The molecule has 72 valence electrons. The third kappa shape index (κ3) is 1.38. The Labute approximate surface area is 84.7 Å². The first-order chi connectivity index (χ1) is 6.68. The molecule has 0 unspecified atom stereocenters. The Morgan fingerprint density at radius 3 is 2.71 bits per heavy atom. The molecule has 0 saturated carbocycles. The molecule has 6 heteroatoms. The molecule has 2 aromatic rings. The maximum absolute atomic E-state index is 5.82. The number of benzene rings is 1. The van der Waals surface area contributed by atoms with Crippen LogP contribution in [-0.4, -0.2) is 10.1 Å². The Kier molecular flexibility index (Phi) is 2.01. The predicted molar refractivity (Wildman–Crippen MR) is 53.6 cm³/mol. The third-order valence-electron chi connectivity index (χ3n) is 1.73. The minimum atomic E-state index is 0.0689. The molecule has 0 radical (unpaired) electrons. The van der Waals surface area contributed by atoms with Crippen LogP contribution in [0, 0.1) is 0 Å². The minimum Gasteiger partial charge on any atom is -0.397 e. The summed E-state index contributed by atoms with van der Waals surface area (Å²) in [5.74, 6) is 0.335. The van der Waals surface area contributed by atoms with Crippen molar-refractivity contribution in [3.05, 3.63) is 23.2 Å². The van der Waals surface area contributed by atoms with E-state index >= 15 is 0 Å². The molecule has 0 aliphatic heterocycles. The first-order valence-corrected chi connectivity index (χ1v) is 4.20. The van der Waals surface area contributed by atoms with Gasteiger partial charge in [-0.3, -0.25) is 0 Å². The summed E-state index contributed by atoms with van der Waals surface area (Å²) in [5, 5.41) is 3.90. The van der Waals surface area contributed by atoms with Gasteiger partial charge >= 0.3 is 0 Å². The quantitative estimate of drug-likeness (QED) is 0.697. The summed E-state index contributed by atoms with van der Waals surface area (Å²) in [7, 11) is 0. The first kappa shape index (κ1) is 8.83. The van der Waals surface area contributed by atoms with Crippen LogP contribution in [-0.2, 0) is 0 Å². The van der Waals surface area contributed by atoms with Gasteiger partial charge in [-0.05, 0) is 17.3 Å². The Morgan fingerprint density at radius 1 is 1.29 bits per heavy atom. The second-order valence-electron chi connectivity index (χ2n) is 2.66. The van der Waals surface area contributed by atoms with Gasteiger partial charge in [-0.2, -0.15) is 4.98 Å². The predicted octanol–water partition coefficient (Wildman–Crippen LogP) is 1.55. The molecule has 0 aliphatic rings. The highest BCUT2D eigenvalue weighted by atomic mass is 35.5. The van der Waals surface area contributed by atoms with Crippen LogP contribution in [0.3, 0.4) is 0 Å². The number of rotatable bonds is 1. The van der Waals surface area contributed by atoms with Crippen molar-refractivity contribution in [2.75, 3.05) is 11.5 Å². The molecule has 0 bridgehead atoms. The molecule has 2 rings (SSSR count). The molecule has 0 atom stereocenters. The number of anilines is 2. The van der Waals surface area contributed by atoms with E-state index in [1.807, 2.05) is 0 Å². The first-order valence-electron chi connectivity index (χ1n) is 3.82. The van der Waals surface area contributed by atoms with Gasteiger partial charge in [0.15, 0.2) is 0 Å². The van der Waals surface area contributed by atoms with Crippen LogP contribution in [0.4, 0.5) is 11.6 Å². The number of hydrogen-bond donors (Lipinski definition) is 2. The molecule has 1 aromatic carbocycles. The topological polar surface area (TPSA) is 91.0 Å². The van der Waals surface area contributed by atoms with E-state index in [1.165, 1.54) is 0 Å². The van der Waals surface area contributed by atoms with Crippen LogP contribution >= 0.6 is 11.6 Å². The van der Waals surface area contributed by atoms with E-state index in [2.05, 4.69) is 10.1 Å². The van der Waals surface area contributed by atoms with Gasteiger partial charge in [0.2, 0.25) is 0 Å². The number of para-hydroxylation sites is 1. The normalized spacial score (nSPS) is 10.4. The lowest BCUT2D eigenvalue weighted by atomic mass is 10.2. The standard InChI is InChI=1S/C8H7ClN4O/c9-5-3-1-2-4(6(5)10)7-12-8(11)13-14-7/h1-3H,10H2,(H2,11,13). The third-order valence-corrected chi connectivity index (χ3v) is 2.05. The highest BCUT2D eigenvalue weighted by Crippen LogP contribution is 2.30. The van der Waals surface area contributed by atoms with Crippen LogP contribution < -0.4 is 11.5 Å². The Bertz CT molecular complexity index is 468. The monoisotopic (exact) mass is 210 g/mol. The van der Waals surface area contributed by atoms with Crippen molar-refractivity contribution in [2.45, 2.75) is 0 Å². The van der Waals surface area contributed by atoms with Crippen LogP contribution in [0.25, 0.3) is 11.5 Å².